The number of aliphatic imine (C=N–C) groups is 3. The number of amides is 2. The third kappa shape index (κ3) is 3.71. The highest BCUT2D eigenvalue weighted by Crippen LogP contribution is 2.27. The van der Waals surface area contributed by atoms with Crippen molar-refractivity contribution < 1.29 is 24.0 Å². The van der Waals surface area contributed by atoms with E-state index in [9.17, 15) is 24.0 Å². The number of carbonyl (C=O) groups excluding carboxylic acids is 5. The van der Waals surface area contributed by atoms with Gasteiger partial charge >= 0.3 is 0 Å². The first-order valence-electron chi connectivity index (χ1n) is 7.25. The number of rotatable bonds is 8. The fourth-order valence-corrected chi connectivity index (χ4v) is 2.56. The maximum atomic E-state index is 12.3. The minimum Gasteiger partial charge on any atom is -0.274 e. The van der Waals surface area contributed by atoms with Crippen LogP contribution in [0.2, 0.25) is 0 Å². The highest BCUT2D eigenvalue weighted by atomic mass is 16.2. The Bertz CT molecular complexity index is 793. The molecule has 0 spiro atoms. The Kier molecular flexibility index (Phi) is 5.61. The Morgan fingerprint density at radius 1 is 0.880 bits per heavy atom. The Hall–Kier alpha value is -3.50. The molecule has 1 aromatic rings. The number of fused-ring (bicyclic) bond motifs is 1. The van der Waals surface area contributed by atoms with E-state index in [-0.39, 0.29) is 37.1 Å². The summed E-state index contributed by atoms with van der Waals surface area (Å²) in [4.78, 5) is 67.5. The first kappa shape index (κ1) is 17.8. The molecule has 126 valence electrons. The Labute approximate surface area is 141 Å². The monoisotopic (exact) mass is 340 g/mol. The minimum atomic E-state index is -1.60. The third-order valence-electron chi connectivity index (χ3n) is 3.81. The summed E-state index contributed by atoms with van der Waals surface area (Å²) in [5.41, 5.74) is -1.04. The fraction of sp³-hybridized carbons (Fsp3) is 0.312. The molecular formula is C16H12N4O5. The Morgan fingerprint density at radius 2 is 1.44 bits per heavy atom. The van der Waals surface area contributed by atoms with Crippen molar-refractivity contribution >= 4 is 30.1 Å². The normalized spacial score (nSPS) is 14.6. The quantitative estimate of drug-likeness (QED) is 0.392. The molecule has 1 aliphatic rings. The first-order valence-corrected chi connectivity index (χ1v) is 7.25. The molecule has 0 aliphatic carbocycles. The summed E-state index contributed by atoms with van der Waals surface area (Å²) in [6, 6.07) is 6.36. The molecule has 0 saturated carbocycles. The molecule has 0 aromatic heterocycles. The van der Waals surface area contributed by atoms with E-state index in [0.29, 0.717) is 0 Å². The molecule has 9 nitrogen and oxygen atoms in total. The largest absolute Gasteiger partial charge is 0.274 e. The number of nitrogens with zero attached hydrogens (tertiary/aromatic N) is 4. The van der Waals surface area contributed by atoms with Gasteiger partial charge in [-0.15, -0.1) is 0 Å². The van der Waals surface area contributed by atoms with Gasteiger partial charge in [0, 0.05) is 19.4 Å². The second-order valence-corrected chi connectivity index (χ2v) is 5.17. The number of imide groups is 1. The molecule has 1 aromatic carbocycles. The van der Waals surface area contributed by atoms with Crippen molar-refractivity contribution in [3.05, 3.63) is 35.4 Å². The van der Waals surface area contributed by atoms with Crippen molar-refractivity contribution in [2.45, 2.75) is 18.5 Å². The SMILES string of the molecule is O=C=NCCC(CCN1C(=O)c2ccccc2C1=O)(N=C=O)N=C=O. The van der Waals surface area contributed by atoms with Crippen LogP contribution in [0.15, 0.2) is 39.2 Å². The molecule has 0 bridgehead atoms. The summed E-state index contributed by atoms with van der Waals surface area (Å²) in [7, 11) is 0. The molecule has 9 heteroatoms. The summed E-state index contributed by atoms with van der Waals surface area (Å²) < 4.78 is 0. The second kappa shape index (κ2) is 7.86. The van der Waals surface area contributed by atoms with Crippen LogP contribution in [-0.2, 0) is 14.4 Å². The van der Waals surface area contributed by atoms with E-state index >= 15 is 0 Å². The number of benzene rings is 1. The molecule has 0 fully saturated rings. The second-order valence-electron chi connectivity index (χ2n) is 5.17. The number of hydrogen-bond donors (Lipinski definition) is 0. The van der Waals surface area contributed by atoms with Gasteiger partial charge in [-0.25, -0.2) is 19.4 Å². The smallest absolute Gasteiger partial charge is 0.261 e. The summed E-state index contributed by atoms with van der Waals surface area (Å²) in [5, 5.41) is 0. The number of isocyanates is 3. The highest BCUT2D eigenvalue weighted by molar-refractivity contribution is 6.21. The van der Waals surface area contributed by atoms with Gasteiger partial charge in [0.2, 0.25) is 18.2 Å². The van der Waals surface area contributed by atoms with E-state index in [4.69, 9.17) is 0 Å². The molecule has 0 saturated heterocycles. The molecule has 0 unspecified atom stereocenters. The lowest BCUT2D eigenvalue weighted by Gasteiger charge is -2.23. The van der Waals surface area contributed by atoms with E-state index < -0.39 is 17.5 Å². The van der Waals surface area contributed by atoms with E-state index in [1.807, 2.05) is 0 Å². The first-order chi connectivity index (χ1) is 12.1. The summed E-state index contributed by atoms with van der Waals surface area (Å²) in [6.07, 6.45) is 3.75. The minimum absolute atomic E-state index is 0.0735. The van der Waals surface area contributed by atoms with Crippen molar-refractivity contribution in [2.24, 2.45) is 15.0 Å². The van der Waals surface area contributed by atoms with Crippen LogP contribution >= 0.6 is 0 Å². The van der Waals surface area contributed by atoms with Crippen LogP contribution in [0.4, 0.5) is 0 Å². The molecule has 1 aliphatic heterocycles. The number of carbonyl (C=O) groups is 2. The molecular weight excluding hydrogens is 328 g/mol. The van der Waals surface area contributed by atoms with Crippen molar-refractivity contribution in [3.8, 4) is 0 Å². The zero-order valence-corrected chi connectivity index (χ0v) is 13.0. The van der Waals surface area contributed by atoms with Gasteiger partial charge in [0.15, 0.2) is 5.66 Å². The lowest BCUT2D eigenvalue weighted by atomic mass is 10.0. The highest BCUT2D eigenvalue weighted by Gasteiger charge is 2.38. The van der Waals surface area contributed by atoms with E-state index in [2.05, 4.69) is 15.0 Å². The van der Waals surface area contributed by atoms with Crippen LogP contribution in [0, 0.1) is 0 Å². The average Bonchev–Trinajstić information content (AvgIpc) is 2.85. The molecule has 2 rings (SSSR count). The summed E-state index contributed by atoms with van der Waals surface area (Å²) >= 11 is 0. The van der Waals surface area contributed by atoms with Gasteiger partial charge in [-0.05, 0) is 12.1 Å². The summed E-state index contributed by atoms with van der Waals surface area (Å²) in [6.45, 7) is -0.227. The lowest BCUT2D eigenvalue weighted by Crippen LogP contribution is -2.36. The fourth-order valence-electron chi connectivity index (χ4n) is 2.56. The van der Waals surface area contributed by atoms with E-state index in [1.54, 1.807) is 12.1 Å². The van der Waals surface area contributed by atoms with Crippen molar-refractivity contribution in [2.75, 3.05) is 13.1 Å². The van der Waals surface area contributed by atoms with Gasteiger partial charge in [-0.3, -0.25) is 14.5 Å². The van der Waals surface area contributed by atoms with E-state index in [0.717, 1.165) is 4.90 Å². The van der Waals surface area contributed by atoms with Crippen LogP contribution < -0.4 is 0 Å². The third-order valence-corrected chi connectivity index (χ3v) is 3.81. The van der Waals surface area contributed by atoms with Crippen molar-refractivity contribution in [1.29, 1.82) is 0 Å². The molecule has 0 N–H and O–H groups in total. The topological polar surface area (TPSA) is 126 Å². The van der Waals surface area contributed by atoms with Crippen LogP contribution in [0.25, 0.3) is 0 Å². The number of hydrogen-bond acceptors (Lipinski definition) is 8. The lowest BCUT2D eigenvalue weighted by molar-refractivity contribution is 0.0643. The van der Waals surface area contributed by atoms with Gasteiger partial charge in [0.1, 0.15) is 0 Å². The zero-order chi connectivity index (χ0) is 18.3. The van der Waals surface area contributed by atoms with Gasteiger partial charge in [0.25, 0.3) is 11.8 Å². The Balaban J connectivity index is 2.22. The van der Waals surface area contributed by atoms with Crippen molar-refractivity contribution in [1.82, 2.24) is 4.90 Å². The van der Waals surface area contributed by atoms with Gasteiger partial charge < -0.3 is 0 Å². The van der Waals surface area contributed by atoms with E-state index in [1.165, 1.54) is 30.4 Å². The molecule has 0 radical (unpaired) electrons. The van der Waals surface area contributed by atoms with Crippen LogP contribution in [0.1, 0.15) is 33.6 Å². The van der Waals surface area contributed by atoms with Gasteiger partial charge in [-0.1, -0.05) is 12.1 Å². The van der Waals surface area contributed by atoms with Crippen molar-refractivity contribution in [3.63, 3.8) is 0 Å². The maximum absolute atomic E-state index is 12.3. The average molecular weight is 340 g/mol. The molecule has 25 heavy (non-hydrogen) atoms. The standard InChI is InChI=1S/C16H12N4O5/c21-9-17-7-5-16(18-10-22,19-11-23)6-8-20-14(24)12-3-1-2-4-13(12)15(20)25/h1-4H,5-8H2. The molecule has 0 atom stereocenters. The maximum Gasteiger partial charge on any atom is 0.261 e. The van der Waals surface area contributed by atoms with Crippen LogP contribution in [-0.4, -0.2) is 53.7 Å². The van der Waals surface area contributed by atoms with Crippen LogP contribution in [0.5, 0.6) is 0 Å². The summed E-state index contributed by atoms with van der Waals surface area (Å²) in [5.74, 6) is -0.962. The van der Waals surface area contributed by atoms with Gasteiger partial charge in [0.05, 0.1) is 17.7 Å². The van der Waals surface area contributed by atoms with Gasteiger partial charge in [-0.2, -0.15) is 9.98 Å². The predicted octanol–water partition coefficient (Wildman–Crippen LogP) is 0.767. The zero-order valence-electron chi connectivity index (χ0n) is 13.0. The van der Waals surface area contributed by atoms with Crippen LogP contribution in [0.3, 0.4) is 0 Å². The Morgan fingerprint density at radius 3 is 1.92 bits per heavy atom. The predicted molar refractivity (Wildman–Crippen MR) is 83.0 cm³/mol. The molecule has 1 heterocycles. The molecule has 2 amide bonds.